The Morgan fingerprint density at radius 1 is 1.05 bits per heavy atom. The van der Waals surface area contributed by atoms with Gasteiger partial charge in [0, 0.05) is 17.2 Å². The number of thioether (sulfide) groups is 1. The topological polar surface area (TPSA) is 12.0 Å². The molecule has 1 N–H and O–H groups in total. The number of rotatable bonds is 7. The molecule has 0 saturated carbocycles. The van der Waals surface area contributed by atoms with Gasteiger partial charge in [0.1, 0.15) is 5.82 Å². The highest BCUT2D eigenvalue weighted by atomic mass is 32.2. The summed E-state index contributed by atoms with van der Waals surface area (Å²) in [5.74, 6) is 1.29. The summed E-state index contributed by atoms with van der Waals surface area (Å²) in [6.45, 7) is 6.34. The minimum Gasteiger partial charge on any atom is -0.312 e. The zero-order chi connectivity index (χ0) is 15.1. The lowest BCUT2D eigenvalue weighted by Crippen LogP contribution is -2.18. The van der Waals surface area contributed by atoms with E-state index in [1.54, 1.807) is 23.9 Å². The molecule has 0 spiro atoms. The fourth-order valence-corrected chi connectivity index (χ4v) is 2.97. The highest BCUT2D eigenvalue weighted by Gasteiger charge is 2.00. The number of benzene rings is 2. The molecule has 0 heterocycles. The molecule has 2 rings (SSSR count). The van der Waals surface area contributed by atoms with Gasteiger partial charge in [0.2, 0.25) is 0 Å². The molecule has 0 unspecified atom stereocenters. The Morgan fingerprint density at radius 3 is 2.57 bits per heavy atom. The standard InChI is InChI=1S/C18H22FNS/c1-14(2)11-20-12-15-5-4-8-18(10-15)21-13-16-6-3-7-17(19)9-16/h3-10,14,20H,11-13H2,1-2H3. The first-order valence-corrected chi connectivity index (χ1v) is 8.29. The molecule has 0 fully saturated rings. The number of halogens is 1. The van der Waals surface area contributed by atoms with Gasteiger partial charge in [0.05, 0.1) is 0 Å². The van der Waals surface area contributed by atoms with Crippen LogP contribution >= 0.6 is 11.8 Å². The lowest BCUT2D eigenvalue weighted by molar-refractivity contribution is 0.552. The fourth-order valence-electron chi connectivity index (χ4n) is 2.04. The van der Waals surface area contributed by atoms with Crippen LogP contribution in [-0.2, 0) is 12.3 Å². The number of hydrogen-bond acceptors (Lipinski definition) is 2. The Morgan fingerprint density at radius 2 is 1.81 bits per heavy atom. The molecule has 1 nitrogen and oxygen atoms in total. The van der Waals surface area contributed by atoms with E-state index in [1.807, 2.05) is 6.07 Å². The largest absolute Gasteiger partial charge is 0.312 e. The molecule has 0 amide bonds. The van der Waals surface area contributed by atoms with Crippen molar-refractivity contribution in [2.24, 2.45) is 5.92 Å². The van der Waals surface area contributed by atoms with Gasteiger partial charge in [0.15, 0.2) is 0 Å². The van der Waals surface area contributed by atoms with Crippen LogP contribution < -0.4 is 5.32 Å². The summed E-state index contributed by atoms with van der Waals surface area (Å²) in [5, 5.41) is 3.45. The van der Waals surface area contributed by atoms with E-state index in [0.717, 1.165) is 24.4 Å². The Hall–Kier alpha value is -1.32. The second-order valence-electron chi connectivity index (χ2n) is 5.59. The van der Waals surface area contributed by atoms with Crippen molar-refractivity contribution < 1.29 is 4.39 Å². The van der Waals surface area contributed by atoms with Crippen LogP contribution in [0.15, 0.2) is 53.4 Å². The third-order valence-corrected chi connectivity index (χ3v) is 4.14. The summed E-state index contributed by atoms with van der Waals surface area (Å²) in [6, 6.07) is 15.3. The second kappa shape index (κ2) is 8.20. The molecule has 21 heavy (non-hydrogen) atoms. The Bertz CT molecular complexity index is 569. The predicted octanol–water partition coefficient (Wildman–Crippen LogP) is 4.86. The summed E-state index contributed by atoms with van der Waals surface area (Å²) < 4.78 is 13.1. The van der Waals surface area contributed by atoms with Gasteiger partial charge < -0.3 is 5.32 Å². The number of nitrogens with one attached hydrogen (secondary N) is 1. The molecule has 3 heteroatoms. The SMILES string of the molecule is CC(C)CNCc1cccc(SCc2cccc(F)c2)c1. The van der Waals surface area contributed by atoms with Crippen molar-refractivity contribution in [1.82, 2.24) is 5.32 Å². The van der Waals surface area contributed by atoms with Crippen molar-refractivity contribution in [3.05, 3.63) is 65.5 Å². The summed E-state index contributed by atoms with van der Waals surface area (Å²) in [7, 11) is 0. The smallest absolute Gasteiger partial charge is 0.123 e. The zero-order valence-electron chi connectivity index (χ0n) is 12.6. The third-order valence-electron chi connectivity index (χ3n) is 3.07. The van der Waals surface area contributed by atoms with Crippen molar-refractivity contribution in [3.63, 3.8) is 0 Å². The second-order valence-corrected chi connectivity index (χ2v) is 6.64. The van der Waals surface area contributed by atoms with E-state index in [4.69, 9.17) is 0 Å². The summed E-state index contributed by atoms with van der Waals surface area (Å²) >= 11 is 1.74. The van der Waals surface area contributed by atoms with E-state index in [2.05, 4.69) is 43.4 Å². The lowest BCUT2D eigenvalue weighted by Gasteiger charge is -2.09. The molecule has 2 aromatic carbocycles. The van der Waals surface area contributed by atoms with Gasteiger partial charge in [-0.15, -0.1) is 11.8 Å². The van der Waals surface area contributed by atoms with Crippen LogP contribution in [0.5, 0.6) is 0 Å². The molecule has 2 aromatic rings. The maximum atomic E-state index is 13.1. The molecule has 0 aliphatic rings. The Balaban J connectivity index is 1.88. The zero-order valence-corrected chi connectivity index (χ0v) is 13.4. The van der Waals surface area contributed by atoms with Crippen LogP contribution in [0.4, 0.5) is 4.39 Å². The summed E-state index contributed by atoms with van der Waals surface area (Å²) in [4.78, 5) is 1.23. The maximum Gasteiger partial charge on any atom is 0.123 e. The average Bonchev–Trinajstić information content (AvgIpc) is 2.45. The Labute approximate surface area is 131 Å². The van der Waals surface area contributed by atoms with Crippen LogP contribution in [0.2, 0.25) is 0 Å². The molecule has 0 bridgehead atoms. The highest BCUT2D eigenvalue weighted by Crippen LogP contribution is 2.23. The van der Waals surface area contributed by atoms with E-state index < -0.39 is 0 Å². The monoisotopic (exact) mass is 303 g/mol. The van der Waals surface area contributed by atoms with Crippen LogP contribution in [0, 0.1) is 11.7 Å². The van der Waals surface area contributed by atoms with Gasteiger partial charge in [-0.2, -0.15) is 0 Å². The van der Waals surface area contributed by atoms with Crippen molar-refractivity contribution in [1.29, 1.82) is 0 Å². The normalized spacial score (nSPS) is 11.0. The van der Waals surface area contributed by atoms with Gasteiger partial charge in [0.25, 0.3) is 0 Å². The molecule has 0 atom stereocenters. The summed E-state index contributed by atoms with van der Waals surface area (Å²) in [6.07, 6.45) is 0. The van der Waals surface area contributed by atoms with Gasteiger partial charge in [-0.1, -0.05) is 38.1 Å². The molecule has 0 aromatic heterocycles. The first kappa shape index (κ1) is 16.1. The van der Waals surface area contributed by atoms with Crippen LogP contribution in [0.25, 0.3) is 0 Å². The molecular weight excluding hydrogens is 281 g/mol. The molecule has 0 saturated heterocycles. The van der Waals surface area contributed by atoms with Crippen molar-refractivity contribution >= 4 is 11.8 Å². The first-order chi connectivity index (χ1) is 10.1. The van der Waals surface area contributed by atoms with Gasteiger partial charge in [-0.05, 0) is 47.9 Å². The maximum absolute atomic E-state index is 13.1. The van der Waals surface area contributed by atoms with E-state index in [-0.39, 0.29) is 5.82 Å². The molecule has 112 valence electrons. The lowest BCUT2D eigenvalue weighted by atomic mass is 10.2. The molecule has 0 aliphatic heterocycles. The number of hydrogen-bond donors (Lipinski definition) is 1. The van der Waals surface area contributed by atoms with Crippen LogP contribution in [0.3, 0.4) is 0 Å². The van der Waals surface area contributed by atoms with E-state index in [0.29, 0.717) is 5.92 Å². The van der Waals surface area contributed by atoms with E-state index >= 15 is 0 Å². The minimum atomic E-state index is -0.167. The third kappa shape index (κ3) is 5.90. The molecule has 0 aliphatic carbocycles. The van der Waals surface area contributed by atoms with Crippen molar-refractivity contribution in [2.75, 3.05) is 6.54 Å². The van der Waals surface area contributed by atoms with Crippen LogP contribution in [0.1, 0.15) is 25.0 Å². The first-order valence-electron chi connectivity index (χ1n) is 7.30. The highest BCUT2D eigenvalue weighted by molar-refractivity contribution is 7.98. The van der Waals surface area contributed by atoms with E-state index in [9.17, 15) is 4.39 Å². The molecular formula is C18H22FNS. The van der Waals surface area contributed by atoms with Crippen LogP contribution in [-0.4, -0.2) is 6.54 Å². The van der Waals surface area contributed by atoms with Crippen molar-refractivity contribution in [2.45, 2.75) is 31.0 Å². The quantitative estimate of drug-likeness (QED) is 0.733. The molecule has 0 radical (unpaired) electrons. The van der Waals surface area contributed by atoms with Gasteiger partial charge >= 0.3 is 0 Å². The summed E-state index contributed by atoms with van der Waals surface area (Å²) in [5.41, 5.74) is 2.31. The van der Waals surface area contributed by atoms with Gasteiger partial charge in [-0.25, -0.2) is 4.39 Å². The average molecular weight is 303 g/mol. The Kier molecular flexibility index (Phi) is 6.27. The van der Waals surface area contributed by atoms with Gasteiger partial charge in [-0.3, -0.25) is 0 Å². The minimum absolute atomic E-state index is 0.167. The van der Waals surface area contributed by atoms with Crippen molar-refractivity contribution in [3.8, 4) is 0 Å². The fraction of sp³-hybridized carbons (Fsp3) is 0.333. The van der Waals surface area contributed by atoms with E-state index in [1.165, 1.54) is 16.5 Å². The predicted molar refractivity (Wildman–Crippen MR) is 88.9 cm³/mol.